The van der Waals surface area contributed by atoms with Crippen molar-refractivity contribution in [2.45, 2.75) is 51.7 Å². The van der Waals surface area contributed by atoms with E-state index in [0.29, 0.717) is 24.6 Å². The molecule has 0 saturated carbocycles. The second-order valence-electron chi connectivity index (χ2n) is 9.72. The molecule has 0 bridgehead atoms. The number of nitrogens with zero attached hydrogens (tertiary/aromatic N) is 1. The van der Waals surface area contributed by atoms with Gasteiger partial charge in [-0.25, -0.2) is 9.18 Å². The quantitative estimate of drug-likeness (QED) is 0.599. The second-order valence-corrected chi connectivity index (χ2v) is 9.72. The topological polar surface area (TPSA) is 70.7 Å². The van der Waals surface area contributed by atoms with Crippen LogP contribution in [0.4, 0.5) is 14.9 Å². The minimum atomic E-state index is -0.359. The summed E-state index contributed by atoms with van der Waals surface area (Å²) in [6, 6.07) is 13.6. The molecule has 0 aliphatic carbocycles. The molecule has 2 aromatic rings. The van der Waals surface area contributed by atoms with Crippen molar-refractivity contribution in [2.75, 3.05) is 25.0 Å². The fourth-order valence-corrected chi connectivity index (χ4v) is 4.97. The molecule has 2 atom stereocenters. The Kier molecular flexibility index (Phi) is 7.70. The summed E-state index contributed by atoms with van der Waals surface area (Å²) in [5, 5.41) is 6.52. The van der Waals surface area contributed by atoms with E-state index in [9.17, 15) is 14.0 Å². The van der Waals surface area contributed by atoms with Gasteiger partial charge in [0.15, 0.2) is 0 Å². The SMILES string of the molecule is CC(C)CC(NC(=O)c1ccc(F)cc1)C1CCN(C(=O)OC2CCNc3ccccc32)CC1. The monoisotopic (exact) mass is 467 g/mol. The van der Waals surface area contributed by atoms with Gasteiger partial charge in [0, 0.05) is 48.9 Å². The lowest BCUT2D eigenvalue weighted by atomic mass is 9.85. The number of carbonyl (C=O) groups is 2. The van der Waals surface area contributed by atoms with Gasteiger partial charge >= 0.3 is 6.09 Å². The van der Waals surface area contributed by atoms with E-state index < -0.39 is 0 Å². The summed E-state index contributed by atoms with van der Waals surface area (Å²) in [4.78, 5) is 27.5. The van der Waals surface area contributed by atoms with Crippen LogP contribution in [0.5, 0.6) is 0 Å². The van der Waals surface area contributed by atoms with Crippen molar-refractivity contribution in [3.05, 3.63) is 65.5 Å². The van der Waals surface area contributed by atoms with Crippen molar-refractivity contribution >= 4 is 17.7 Å². The van der Waals surface area contributed by atoms with Crippen LogP contribution in [0.15, 0.2) is 48.5 Å². The normalized spacial score (nSPS) is 19.2. The zero-order valence-corrected chi connectivity index (χ0v) is 19.9. The molecule has 0 aromatic heterocycles. The Balaban J connectivity index is 1.33. The van der Waals surface area contributed by atoms with E-state index in [4.69, 9.17) is 4.74 Å². The number of piperidine rings is 1. The van der Waals surface area contributed by atoms with Crippen LogP contribution in [0.25, 0.3) is 0 Å². The number of nitrogens with one attached hydrogen (secondary N) is 2. The average molecular weight is 468 g/mol. The molecule has 2 amide bonds. The van der Waals surface area contributed by atoms with Crippen LogP contribution in [-0.4, -0.2) is 42.6 Å². The zero-order valence-electron chi connectivity index (χ0n) is 19.9. The van der Waals surface area contributed by atoms with E-state index in [2.05, 4.69) is 24.5 Å². The van der Waals surface area contributed by atoms with E-state index in [1.54, 1.807) is 4.90 Å². The molecule has 0 radical (unpaired) electrons. The van der Waals surface area contributed by atoms with Crippen LogP contribution in [0, 0.1) is 17.7 Å². The molecule has 2 heterocycles. The number of hydrogen-bond donors (Lipinski definition) is 2. The summed E-state index contributed by atoms with van der Waals surface area (Å²) in [7, 11) is 0. The number of carbonyl (C=O) groups excluding carboxylic acids is 2. The maximum absolute atomic E-state index is 13.2. The number of ether oxygens (including phenoxy) is 1. The number of hydrogen-bond acceptors (Lipinski definition) is 4. The van der Waals surface area contributed by atoms with Crippen LogP contribution in [0.3, 0.4) is 0 Å². The third-order valence-corrected chi connectivity index (χ3v) is 6.79. The molecule has 2 aliphatic heterocycles. The number of likely N-dealkylation sites (tertiary alicyclic amines) is 1. The van der Waals surface area contributed by atoms with Gasteiger partial charge < -0.3 is 20.3 Å². The first-order valence-electron chi connectivity index (χ1n) is 12.3. The number of anilines is 1. The molecule has 1 saturated heterocycles. The predicted octanol–water partition coefficient (Wildman–Crippen LogP) is 5.38. The third-order valence-electron chi connectivity index (χ3n) is 6.79. The molecule has 0 spiro atoms. The lowest BCUT2D eigenvalue weighted by molar-refractivity contribution is 0.0455. The molecule has 4 rings (SSSR count). The lowest BCUT2D eigenvalue weighted by Gasteiger charge is -2.37. The van der Waals surface area contributed by atoms with E-state index in [1.807, 2.05) is 24.3 Å². The first kappa shape index (κ1) is 24.0. The molecule has 6 nitrogen and oxygen atoms in total. The van der Waals surface area contributed by atoms with Crippen LogP contribution < -0.4 is 10.6 Å². The van der Waals surface area contributed by atoms with Crippen LogP contribution in [-0.2, 0) is 4.74 Å². The largest absolute Gasteiger partial charge is 0.441 e. The standard InChI is InChI=1S/C27H34FN3O3/c1-18(2)17-24(30-26(32)20-7-9-21(28)10-8-20)19-12-15-31(16-13-19)27(33)34-25-11-14-29-23-6-4-3-5-22(23)25/h3-10,18-19,24-25,29H,11-17H2,1-2H3,(H,30,32). The van der Waals surface area contributed by atoms with Crippen LogP contribution in [0.1, 0.15) is 61.6 Å². The number of para-hydroxylation sites is 1. The van der Waals surface area contributed by atoms with E-state index in [-0.39, 0.29) is 35.9 Å². The van der Waals surface area contributed by atoms with E-state index in [0.717, 1.165) is 43.5 Å². The van der Waals surface area contributed by atoms with Gasteiger partial charge in [0.2, 0.25) is 0 Å². The third kappa shape index (κ3) is 5.88. The minimum Gasteiger partial charge on any atom is -0.441 e. The molecule has 182 valence electrons. The van der Waals surface area contributed by atoms with Gasteiger partial charge in [-0.1, -0.05) is 32.0 Å². The van der Waals surface area contributed by atoms with Crippen LogP contribution >= 0.6 is 0 Å². The molecule has 2 unspecified atom stereocenters. The number of amides is 2. The van der Waals surface area contributed by atoms with Crippen molar-refractivity contribution < 1.29 is 18.7 Å². The molecule has 1 fully saturated rings. The first-order chi connectivity index (χ1) is 16.4. The fourth-order valence-electron chi connectivity index (χ4n) is 4.97. The van der Waals surface area contributed by atoms with Crippen molar-refractivity contribution in [3.8, 4) is 0 Å². The van der Waals surface area contributed by atoms with Gasteiger partial charge in [-0.15, -0.1) is 0 Å². The molecule has 7 heteroatoms. The van der Waals surface area contributed by atoms with Gasteiger partial charge in [0.1, 0.15) is 11.9 Å². The smallest absolute Gasteiger partial charge is 0.410 e. The Morgan fingerprint density at radius 3 is 2.50 bits per heavy atom. The Bertz CT molecular complexity index is 987. The molecule has 34 heavy (non-hydrogen) atoms. The first-order valence-corrected chi connectivity index (χ1v) is 12.3. The number of fused-ring (bicyclic) bond motifs is 1. The summed E-state index contributed by atoms with van der Waals surface area (Å²) in [6.07, 6.45) is 2.72. The van der Waals surface area contributed by atoms with Gasteiger partial charge in [-0.05, 0) is 61.4 Å². The van der Waals surface area contributed by atoms with Crippen LogP contribution in [0.2, 0.25) is 0 Å². The molecule has 2 aromatic carbocycles. The predicted molar refractivity (Wildman–Crippen MR) is 130 cm³/mol. The molecular formula is C27H34FN3O3. The summed E-state index contributed by atoms with van der Waals surface area (Å²) >= 11 is 0. The maximum atomic E-state index is 13.2. The zero-order chi connectivity index (χ0) is 24.1. The van der Waals surface area contributed by atoms with Gasteiger partial charge in [-0.2, -0.15) is 0 Å². The van der Waals surface area contributed by atoms with Crippen molar-refractivity contribution in [1.82, 2.24) is 10.2 Å². The van der Waals surface area contributed by atoms with Gasteiger partial charge in [-0.3, -0.25) is 4.79 Å². The lowest BCUT2D eigenvalue weighted by Crippen LogP contribution is -2.47. The second kappa shape index (κ2) is 10.9. The summed E-state index contributed by atoms with van der Waals surface area (Å²) in [6.45, 7) is 6.27. The Labute approximate surface area is 200 Å². The molecule has 2 aliphatic rings. The minimum absolute atomic E-state index is 0.00650. The Morgan fingerprint density at radius 2 is 1.79 bits per heavy atom. The van der Waals surface area contributed by atoms with Gasteiger partial charge in [0.05, 0.1) is 0 Å². The highest BCUT2D eigenvalue weighted by Crippen LogP contribution is 2.33. The summed E-state index contributed by atoms with van der Waals surface area (Å²) in [5.41, 5.74) is 2.51. The van der Waals surface area contributed by atoms with Gasteiger partial charge in [0.25, 0.3) is 5.91 Å². The number of benzene rings is 2. The van der Waals surface area contributed by atoms with E-state index in [1.165, 1.54) is 24.3 Å². The maximum Gasteiger partial charge on any atom is 0.410 e. The number of halogens is 1. The highest BCUT2D eigenvalue weighted by atomic mass is 19.1. The Hall–Kier alpha value is -3.09. The van der Waals surface area contributed by atoms with E-state index >= 15 is 0 Å². The number of rotatable bonds is 6. The summed E-state index contributed by atoms with van der Waals surface area (Å²) < 4.78 is 19.1. The molecular weight excluding hydrogens is 433 g/mol. The fraction of sp³-hybridized carbons (Fsp3) is 0.481. The highest BCUT2D eigenvalue weighted by molar-refractivity contribution is 5.94. The molecule has 2 N–H and O–H groups in total. The van der Waals surface area contributed by atoms with Crippen molar-refractivity contribution in [2.24, 2.45) is 11.8 Å². The summed E-state index contributed by atoms with van der Waals surface area (Å²) in [5.74, 6) is 0.150. The highest BCUT2D eigenvalue weighted by Gasteiger charge is 2.32. The average Bonchev–Trinajstić information content (AvgIpc) is 2.84. The Morgan fingerprint density at radius 1 is 1.09 bits per heavy atom. The van der Waals surface area contributed by atoms with Crippen molar-refractivity contribution in [3.63, 3.8) is 0 Å². The van der Waals surface area contributed by atoms with Crippen molar-refractivity contribution in [1.29, 1.82) is 0 Å².